The summed E-state index contributed by atoms with van der Waals surface area (Å²) in [6, 6.07) is 22.0. The van der Waals surface area contributed by atoms with E-state index < -0.39 is 0 Å². The summed E-state index contributed by atoms with van der Waals surface area (Å²) in [6.07, 6.45) is 2.06. The van der Waals surface area contributed by atoms with Crippen molar-refractivity contribution in [3.63, 3.8) is 0 Å². The number of carbonyl (C=O) groups excluding carboxylic acids is 2. The molecule has 168 valence electrons. The summed E-state index contributed by atoms with van der Waals surface area (Å²) in [5.41, 5.74) is 3.77. The highest BCUT2D eigenvalue weighted by Gasteiger charge is 2.27. The standard InChI is InChI=1S/C26H25N3O3S/c1-2-3-16-32-22-14-8-18(9-15-22)24(30)28-26(33)27-20-10-12-21(13-11-20)29-17-19-6-4-5-7-23(19)25(29)31/h4-15H,2-3,16-17H2,1H3,(H2,27,28,30,33). The van der Waals surface area contributed by atoms with Crippen molar-refractivity contribution < 1.29 is 14.3 Å². The molecular weight excluding hydrogens is 434 g/mol. The van der Waals surface area contributed by atoms with E-state index in [9.17, 15) is 9.59 Å². The number of benzene rings is 3. The Hall–Kier alpha value is -3.71. The number of carbonyl (C=O) groups is 2. The molecule has 33 heavy (non-hydrogen) atoms. The number of nitrogens with zero attached hydrogens (tertiary/aromatic N) is 1. The second-order valence-electron chi connectivity index (χ2n) is 7.73. The fraction of sp³-hybridized carbons (Fsp3) is 0.192. The molecule has 3 aromatic carbocycles. The first-order chi connectivity index (χ1) is 16.0. The number of rotatable bonds is 7. The van der Waals surface area contributed by atoms with Crippen molar-refractivity contribution in [2.45, 2.75) is 26.3 Å². The third-order valence-corrected chi connectivity index (χ3v) is 5.57. The SMILES string of the molecule is CCCCOc1ccc(C(=O)NC(=S)Nc2ccc(N3Cc4ccccc4C3=O)cc2)cc1. The van der Waals surface area contributed by atoms with Crippen LogP contribution in [0.25, 0.3) is 0 Å². The normalized spacial score (nSPS) is 12.3. The number of hydrogen-bond donors (Lipinski definition) is 2. The van der Waals surface area contributed by atoms with Gasteiger partial charge in [-0.1, -0.05) is 31.5 Å². The summed E-state index contributed by atoms with van der Waals surface area (Å²) in [6.45, 7) is 3.32. The number of anilines is 2. The van der Waals surface area contributed by atoms with Gasteiger partial charge in [-0.3, -0.25) is 14.9 Å². The Labute approximate surface area is 198 Å². The number of hydrogen-bond acceptors (Lipinski definition) is 4. The average molecular weight is 460 g/mol. The number of ether oxygens (including phenoxy) is 1. The van der Waals surface area contributed by atoms with Crippen molar-refractivity contribution in [3.05, 3.63) is 89.5 Å². The van der Waals surface area contributed by atoms with Gasteiger partial charge in [-0.25, -0.2) is 0 Å². The third kappa shape index (κ3) is 5.38. The van der Waals surface area contributed by atoms with Gasteiger partial charge < -0.3 is 15.0 Å². The van der Waals surface area contributed by atoms with Crippen LogP contribution in [-0.2, 0) is 6.54 Å². The second-order valence-corrected chi connectivity index (χ2v) is 8.14. The molecule has 1 aliphatic rings. The van der Waals surface area contributed by atoms with Gasteiger partial charge >= 0.3 is 0 Å². The molecule has 2 N–H and O–H groups in total. The summed E-state index contributed by atoms with van der Waals surface area (Å²) in [4.78, 5) is 26.8. The van der Waals surface area contributed by atoms with E-state index in [0.29, 0.717) is 24.4 Å². The minimum Gasteiger partial charge on any atom is -0.494 e. The molecule has 0 atom stereocenters. The summed E-state index contributed by atoms with van der Waals surface area (Å²) in [5, 5.41) is 5.88. The maximum atomic E-state index is 12.6. The van der Waals surface area contributed by atoms with E-state index in [1.165, 1.54) is 0 Å². The van der Waals surface area contributed by atoms with E-state index in [0.717, 1.165) is 35.4 Å². The highest BCUT2D eigenvalue weighted by Crippen LogP contribution is 2.28. The highest BCUT2D eigenvalue weighted by atomic mass is 32.1. The van der Waals surface area contributed by atoms with E-state index in [-0.39, 0.29) is 16.9 Å². The van der Waals surface area contributed by atoms with Crippen LogP contribution in [0.4, 0.5) is 11.4 Å². The Bertz CT molecular complexity index is 1160. The van der Waals surface area contributed by atoms with Gasteiger partial charge in [0.05, 0.1) is 13.2 Å². The molecule has 0 bridgehead atoms. The lowest BCUT2D eigenvalue weighted by Gasteiger charge is -2.16. The van der Waals surface area contributed by atoms with Gasteiger partial charge in [0.2, 0.25) is 0 Å². The van der Waals surface area contributed by atoms with E-state index in [1.54, 1.807) is 29.2 Å². The zero-order valence-corrected chi connectivity index (χ0v) is 19.2. The lowest BCUT2D eigenvalue weighted by molar-refractivity contribution is 0.0974. The molecule has 0 saturated heterocycles. The minimum absolute atomic E-state index is 0.00382. The molecule has 2 amide bonds. The molecule has 0 unspecified atom stereocenters. The number of amides is 2. The molecule has 1 aliphatic heterocycles. The number of unbranched alkanes of at least 4 members (excludes halogenated alkanes) is 1. The fourth-order valence-corrected chi connectivity index (χ4v) is 3.77. The van der Waals surface area contributed by atoms with Gasteiger partial charge in [0.1, 0.15) is 5.75 Å². The van der Waals surface area contributed by atoms with Gasteiger partial charge in [-0.2, -0.15) is 0 Å². The summed E-state index contributed by atoms with van der Waals surface area (Å²) in [5.74, 6) is 0.431. The van der Waals surface area contributed by atoms with Crippen molar-refractivity contribution in [3.8, 4) is 5.75 Å². The van der Waals surface area contributed by atoms with Crippen molar-refractivity contribution in [2.24, 2.45) is 0 Å². The first kappa shape index (κ1) is 22.5. The largest absolute Gasteiger partial charge is 0.494 e. The van der Waals surface area contributed by atoms with Crippen molar-refractivity contribution in [1.82, 2.24) is 5.32 Å². The van der Waals surface area contributed by atoms with Crippen LogP contribution >= 0.6 is 12.2 Å². The van der Waals surface area contributed by atoms with E-state index in [1.807, 2.05) is 48.5 Å². The van der Waals surface area contributed by atoms with Crippen LogP contribution in [0.1, 0.15) is 46.0 Å². The van der Waals surface area contributed by atoms with Gasteiger partial charge in [-0.15, -0.1) is 0 Å². The fourth-order valence-electron chi connectivity index (χ4n) is 3.56. The van der Waals surface area contributed by atoms with Crippen molar-refractivity contribution >= 4 is 40.5 Å². The van der Waals surface area contributed by atoms with Crippen LogP contribution < -0.4 is 20.3 Å². The smallest absolute Gasteiger partial charge is 0.258 e. The van der Waals surface area contributed by atoms with E-state index >= 15 is 0 Å². The lowest BCUT2D eigenvalue weighted by atomic mass is 10.1. The maximum Gasteiger partial charge on any atom is 0.258 e. The summed E-state index contributed by atoms with van der Waals surface area (Å²) < 4.78 is 5.62. The van der Waals surface area contributed by atoms with Crippen LogP contribution in [0.3, 0.4) is 0 Å². The van der Waals surface area contributed by atoms with Crippen LogP contribution in [-0.4, -0.2) is 23.5 Å². The second kappa shape index (κ2) is 10.3. The molecule has 3 aromatic rings. The summed E-state index contributed by atoms with van der Waals surface area (Å²) >= 11 is 5.28. The van der Waals surface area contributed by atoms with E-state index in [4.69, 9.17) is 17.0 Å². The molecular formula is C26H25N3O3S. The Kier molecular flexibility index (Phi) is 7.00. The predicted octanol–water partition coefficient (Wildman–Crippen LogP) is 5.15. The molecule has 0 fully saturated rings. The molecule has 6 nitrogen and oxygen atoms in total. The first-order valence-corrected chi connectivity index (χ1v) is 11.3. The number of thiocarbonyl (C=S) groups is 1. The van der Waals surface area contributed by atoms with Gasteiger partial charge in [-0.05, 0) is 78.8 Å². The molecule has 1 heterocycles. The molecule has 4 rings (SSSR count). The van der Waals surface area contributed by atoms with Gasteiger partial charge in [0.25, 0.3) is 11.8 Å². The quantitative estimate of drug-likeness (QED) is 0.378. The molecule has 7 heteroatoms. The van der Waals surface area contributed by atoms with Gasteiger partial charge in [0, 0.05) is 22.5 Å². The van der Waals surface area contributed by atoms with E-state index in [2.05, 4.69) is 17.6 Å². The lowest BCUT2D eigenvalue weighted by Crippen LogP contribution is -2.34. The molecule has 0 aliphatic carbocycles. The van der Waals surface area contributed by atoms with Crippen LogP contribution in [0.5, 0.6) is 5.75 Å². The molecule has 0 aromatic heterocycles. The third-order valence-electron chi connectivity index (χ3n) is 5.37. The van der Waals surface area contributed by atoms with Crippen LogP contribution in [0, 0.1) is 0 Å². The van der Waals surface area contributed by atoms with Crippen molar-refractivity contribution in [2.75, 3.05) is 16.8 Å². The zero-order chi connectivity index (χ0) is 23.2. The number of nitrogens with one attached hydrogen (secondary N) is 2. The monoisotopic (exact) mass is 459 g/mol. The Morgan fingerprint density at radius 3 is 2.45 bits per heavy atom. The average Bonchev–Trinajstić information content (AvgIpc) is 3.17. The maximum absolute atomic E-state index is 12.6. The van der Waals surface area contributed by atoms with Crippen LogP contribution in [0.2, 0.25) is 0 Å². The minimum atomic E-state index is -0.301. The molecule has 0 spiro atoms. The summed E-state index contributed by atoms with van der Waals surface area (Å²) in [7, 11) is 0. The Balaban J connectivity index is 1.31. The first-order valence-electron chi connectivity index (χ1n) is 10.9. The molecule has 0 radical (unpaired) electrons. The highest BCUT2D eigenvalue weighted by molar-refractivity contribution is 7.80. The number of fused-ring (bicyclic) bond motifs is 1. The topological polar surface area (TPSA) is 70.7 Å². The Morgan fingerprint density at radius 1 is 1.03 bits per heavy atom. The predicted molar refractivity (Wildman–Crippen MR) is 134 cm³/mol. The van der Waals surface area contributed by atoms with Crippen molar-refractivity contribution in [1.29, 1.82) is 0 Å². The Morgan fingerprint density at radius 2 is 1.76 bits per heavy atom. The van der Waals surface area contributed by atoms with Gasteiger partial charge in [0.15, 0.2) is 5.11 Å². The zero-order valence-electron chi connectivity index (χ0n) is 18.3. The van der Waals surface area contributed by atoms with Crippen LogP contribution in [0.15, 0.2) is 72.8 Å². The molecule has 0 saturated carbocycles.